The molecule has 1 aromatic carbocycles. The normalized spacial score (nSPS) is 17.0. The fourth-order valence-corrected chi connectivity index (χ4v) is 3.64. The molecule has 27 heavy (non-hydrogen) atoms. The van der Waals surface area contributed by atoms with Gasteiger partial charge in [-0.25, -0.2) is 4.68 Å². The van der Waals surface area contributed by atoms with Gasteiger partial charge in [0, 0.05) is 37.3 Å². The molecule has 1 aliphatic heterocycles. The van der Waals surface area contributed by atoms with Gasteiger partial charge in [-0.15, -0.1) is 0 Å². The fourth-order valence-electron chi connectivity index (χ4n) is 3.64. The van der Waals surface area contributed by atoms with E-state index in [1.807, 2.05) is 48.9 Å². The first-order valence-electron chi connectivity index (χ1n) is 9.52. The molecule has 0 unspecified atom stereocenters. The Kier molecular flexibility index (Phi) is 5.63. The average molecular weight is 368 g/mol. The molecule has 6 heteroatoms. The van der Waals surface area contributed by atoms with Crippen molar-refractivity contribution in [2.45, 2.75) is 40.7 Å². The maximum Gasteiger partial charge on any atom is 0.225 e. The van der Waals surface area contributed by atoms with Gasteiger partial charge in [0.1, 0.15) is 0 Å². The second-order valence-corrected chi connectivity index (χ2v) is 7.71. The molecular weight excluding hydrogens is 340 g/mol. The van der Waals surface area contributed by atoms with Gasteiger partial charge in [-0.05, 0) is 31.9 Å². The Hall–Kier alpha value is -2.63. The number of nitrogens with one attached hydrogen (secondary N) is 1. The highest BCUT2D eigenvalue weighted by Crippen LogP contribution is 2.21. The highest BCUT2D eigenvalue weighted by molar-refractivity contribution is 5.89. The summed E-state index contributed by atoms with van der Waals surface area (Å²) in [6.07, 6.45) is 0.305. The lowest BCUT2D eigenvalue weighted by Crippen LogP contribution is -2.34. The van der Waals surface area contributed by atoms with Crippen LogP contribution in [0.1, 0.15) is 37.2 Å². The molecule has 0 bridgehead atoms. The van der Waals surface area contributed by atoms with Gasteiger partial charge < -0.3 is 10.2 Å². The molecule has 2 aromatic rings. The molecule has 0 spiro atoms. The Balaban J connectivity index is 1.65. The van der Waals surface area contributed by atoms with Gasteiger partial charge >= 0.3 is 0 Å². The Morgan fingerprint density at radius 3 is 2.63 bits per heavy atom. The van der Waals surface area contributed by atoms with E-state index in [1.54, 1.807) is 4.90 Å². The van der Waals surface area contributed by atoms with Crippen molar-refractivity contribution >= 4 is 11.8 Å². The summed E-state index contributed by atoms with van der Waals surface area (Å²) in [7, 11) is 0. The number of amides is 2. The third-order valence-electron chi connectivity index (χ3n) is 5.05. The summed E-state index contributed by atoms with van der Waals surface area (Å²) in [5.74, 6) is 0.167. The number of benzene rings is 1. The largest absolute Gasteiger partial charge is 0.352 e. The van der Waals surface area contributed by atoms with Crippen molar-refractivity contribution in [2.75, 3.05) is 13.1 Å². The smallest absolute Gasteiger partial charge is 0.225 e. The quantitative estimate of drug-likeness (QED) is 0.852. The lowest BCUT2D eigenvalue weighted by atomic mass is 10.1. The van der Waals surface area contributed by atoms with Crippen LogP contribution in [0.2, 0.25) is 0 Å². The van der Waals surface area contributed by atoms with E-state index in [1.165, 1.54) is 0 Å². The molecular formula is C21H28N4O2. The summed E-state index contributed by atoms with van der Waals surface area (Å²) in [6, 6.07) is 9.95. The van der Waals surface area contributed by atoms with Gasteiger partial charge in [-0.3, -0.25) is 9.59 Å². The third kappa shape index (κ3) is 4.21. The molecule has 144 valence electrons. The summed E-state index contributed by atoms with van der Waals surface area (Å²) in [5.41, 5.74) is 3.94. The molecule has 1 atom stereocenters. The number of carbonyl (C=O) groups excluding carboxylic acids is 2. The molecule has 0 saturated carbocycles. The minimum atomic E-state index is -0.263. The topological polar surface area (TPSA) is 67.2 Å². The van der Waals surface area contributed by atoms with E-state index in [0.717, 1.165) is 22.6 Å². The third-order valence-corrected chi connectivity index (χ3v) is 5.05. The van der Waals surface area contributed by atoms with Crippen LogP contribution in [-0.2, 0) is 16.1 Å². The molecule has 1 saturated heterocycles. The molecule has 3 rings (SSSR count). The lowest BCUT2D eigenvalue weighted by Gasteiger charge is -2.18. The Morgan fingerprint density at radius 2 is 1.96 bits per heavy atom. The zero-order valence-corrected chi connectivity index (χ0v) is 16.5. The van der Waals surface area contributed by atoms with Crippen molar-refractivity contribution in [1.29, 1.82) is 0 Å². The van der Waals surface area contributed by atoms with Crippen LogP contribution in [0.4, 0.5) is 0 Å². The minimum Gasteiger partial charge on any atom is -0.352 e. The van der Waals surface area contributed by atoms with E-state index in [9.17, 15) is 9.59 Å². The molecule has 1 aliphatic rings. The highest BCUT2D eigenvalue weighted by Gasteiger charge is 2.34. The molecule has 2 heterocycles. The van der Waals surface area contributed by atoms with Crippen molar-refractivity contribution in [3.63, 3.8) is 0 Å². The van der Waals surface area contributed by atoms with Gasteiger partial charge in [0.25, 0.3) is 0 Å². The Morgan fingerprint density at radius 1 is 1.26 bits per heavy atom. The van der Waals surface area contributed by atoms with Gasteiger partial charge in [-0.1, -0.05) is 32.0 Å². The van der Waals surface area contributed by atoms with E-state index >= 15 is 0 Å². The van der Waals surface area contributed by atoms with E-state index in [2.05, 4.69) is 24.3 Å². The van der Waals surface area contributed by atoms with Crippen molar-refractivity contribution < 1.29 is 9.59 Å². The van der Waals surface area contributed by atoms with Crippen molar-refractivity contribution in [1.82, 2.24) is 20.0 Å². The van der Waals surface area contributed by atoms with E-state index < -0.39 is 0 Å². The first-order chi connectivity index (χ1) is 12.9. The number of carbonyl (C=O) groups is 2. The number of para-hydroxylation sites is 1. The zero-order valence-electron chi connectivity index (χ0n) is 16.5. The van der Waals surface area contributed by atoms with Crippen LogP contribution < -0.4 is 5.32 Å². The number of rotatable bonds is 6. The highest BCUT2D eigenvalue weighted by atomic mass is 16.2. The van der Waals surface area contributed by atoms with E-state index in [-0.39, 0.29) is 17.7 Å². The number of aromatic nitrogens is 2. The molecule has 1 aromatic heterocycles. The summed E-state index contributed by atoms with van der Waals surface area (Å²) in [6.45, 7) is 9.79. The Labute approximate surface area is 160 Å². The summed E-state index contributed by atoms with van der Waals surface area (Å²) >= 11 is 0. The minimum absolute atomic E-state index is 0.0548. The number of hydrogen-bond acceptors (Lipinski definition) is 3. The van der Waals surface area contributed by atoms with Crippen molar-refractivity contribution in [3.8, 4) is 5.69 Å². The maximum atomic E-state index is 12.6. The first-order valence-corrected chi connectivity index (χ1v) is 9.52. The van der Waals surface area contributed by atoms with Crippen LogP contribution in [0.3, 0.4) is 0 Å². The van der Waals surface area contributed by atoms with E-state index in [4.69, 9.17) is 0 Å². The number of likely N-dealkylation sites (tertiary alicyclic amines) is 1. The van der Waals surface area contributed by atoms with Crippen molar-refractivity contribution in [3.05, 3.63) is 47.3 Å². The first kappa shape index (κ1) is 19.1. The molecule has 2 amide bonds. The van der Waals surface area contributed by atoms with Crippen molar-refractivity contribution in [2.24, 2.45) is 11.8 Å². The predicted octanol–water partition coefficient (Wildman–Crippen LogP) is 2.61. The number of hydrogen-bond donors (Lipinski definition) is 1. The monoisotopic (exact) mass is 368 g/mol. The molecule has 0 radical (unpaired) electrons. The number of aryl methyl sites for hydroxylation is 1. The molecule has 1 N–H and O–H groups in total. The standard InChI is InChI=1S/C21H28N4O2/c1-14(2)12-24-13-17(10-20(24)26)21(27)22-11-19-15(3)23-25(16(19)4)18-8-6-5-7-9-18/h5-9,14,17H,10-13H2,1-4H3,(H,22,27)/t17-/m0/s1. The van der Waals surface area contributed by atoms with Crippen LogP contribution in [-0.4, -0.2) is 39.6 Å². The molecule has 1 fully saturated rings. The van der Waals surface area contributed by atoms with Gasteiger partial charge in [0.15, 0.2) is 0 Å². The average Bonchev–Trinajstić information content (AvgIpc) is 3.13. The van der Waals surface area contributed by atoms with E-state index in [0.29, 0.717) is 32.0 Å². The van der Waals surface area contributed by atoms with Crippen LogP contribution in [0, 0.1) is 25.7 Å². The maximum absolute atomic E-state index is 12.6. The summed E-state index contributed by atoms with van der Waals surface area (Å²) in [4.78, 5) is 26.5. The second-order valence-electron chi connectivity index (χ2n) is 7.71. The SMILES string of the molecule is Cc1nn(-c2ccccc2)c(C)c1CNC(=O)[C@H]1CC(=O)N(CC(C)C)C1. The number of nitrogens with zero attached hydrogens (tertiary/aromatic N) is 3. The Bertz CT molecular complexity index is 826. The predicted molar refractivity (Wildman–Crippen MR) is 104 cm³/mol. The molecule has 0 aliphatic carbocycles. The van der Waals surface area contributed by atoms with Gasteiger partial charge in [0.2, 0.25) is 11.8 Å². The van der Waals surface area contributed by atoms with Gasteiger partial charge in [-0.2, -0.15) is 5.10 Å². The molecule has 6 nitrogen and oxygen atoms in total. The summed E-state index contributed by atoms with van der Waals surface area (Å²) in [5, 5.41) is 7.63. The zero-order chi connectivity index (χ0) is 19.6. The van der Waals surface area contributed by atoms with Gasteiger partial charge in [0.05, 0.1) is 17.3 Å². The van der Waals surface area contributed by atoms with Crippen LogP contribution in [0.5, 0.6) is 0 Å². The lowest BCUT2D eigenvalue weighted by molar-refractivity contribution is -0.129. The second kappa shape index (κ2) is 7.94. The van der Waals surface area contributed by atoms with Crippen LogP contribution >= 0.6 is 0 Å². The summed E-state index contributed by atoms with van der Waals surface area (Å²) < 4.78 is 1.90. The van der Waals surface area contributed by atoms with Crippen LogP contribution in [0.15, 0.2) is 30.3 Å². The van der Waals surface area contributed by atoms with Crippen LogP contribution in [0.25, 0.3) is 5.69 Å². The fraction of sp³-hybridized carbons (Fsp3) is 0.476.